The van der Waals surface area contributed by atoms with Crippen molar-refractivity contribution < 1.29 is 4.52 Å². The van der Waals surface area contributed by atoms with Crippen molar-refractivity contribution in [3.05, 3.63) is 41.2 Å². The van der Waals surface area contributed by atoms with Crippen molar-refractivity contribution in [2.45, 2.75) is 19.4 Å². The minimum absolute atomic E-state index is 0. The van der Waals surface area contributed by atoms with Gasteiger partial charge in [0.25, 0.3) is 5.89 Å². The summed E-state index contributed by atoms with van der Waals surface area (Å²) in [5, 5.41) is 15.0. The van der Waals surface area contributed by atoms with Crippen LogP contribution in [0.4, 0.5) is 0 Å². The molecule has 122 valence electrons. The van der Waals surface area contributed by atoms with Crippen LogP contribution >= 0.6 is 24.0 Å². The Balaban J connectivity index is 0.00000192. The number of benzene rings is 1. The summed E-state index contributed by atoms with van der Waals surface area (Å²) >= 11 is 5.89. The third-order valence-corrected chi connectivity index (χ3v) is 3.65. The second-order valence-corrected chi connectivity index (χ2v) is 5.52. The number of hydrogen-bond acceptors (Lipinski definition) is 5. The summed E-state index contributed by atoms with van der Waals surface area (Å²) in [6, 6.07) is 9.65. The van der Waals surface area contributed by atoms with Crippen LogP contribution in [0.15, 0.2) is 34.9 Å². The van der Waals surface area contributed by atoms with Crippen LogP contribution in [-0.4, -0.2) is 33.4 Å². The minimum Gasteiger partial charge on any atom is -0.332 e. The molecule has 1 aromatic carbocycles. The van der Waals surface area contributed by atoms with Crippen molar-refractivity contribution in [2.24, 2.45) is 0 Å². The van der Waals surface area contributed by atoms with Crippen molar-refractivity contribution in [2.75, 3.05) is 7.05 Å². The molecule has 0 amide bonds. The van der Waals surface area contributed by atoms with E-state index in [2.05, 4.69) is 32.6 Å². The van der Waals surface area contributed by atoms with Gasteiger partial charge >= 0.3 is 0 Å². The normalized spacial score (nSPS) is 12.0. The van der Waals surface area contributed by atoms with Crippen molar-refractivity contribution in [1.82, 2.24) is 25.7 Å². The van der Waals surface area contributed by atoms with Gasteiger partial charge in [0.1, 0.15) is 5.69 Å². The number of aromatic nitrogens is 4. The Morgan fingerprint density at radius 1 is 1.30 bits per heavy atom. The number of hydrogen-bond donors (Lipinski definition) is 2. The molecule has 0 aliphatic rings. The van der Waals surface area contributed by atoms with Gasteiger partial charge in [-0.25, -0.2) is 0 Å². The first-order valence-electron chi connectivity index (χ1n) is 6.97. The molecule has 2 N–H and O–H groups in total. The van der Waals surface area contributed by atoms with Gasteiger partial charge in [0, 0.05) is 23.0 Å². The number of nitrogens with one attached hydrogen (secondary N) is 2. The molecule has 2 heterocycles. The quantitative estimate of drug-likeness (QED) is 0.735. The molecule has 0 bridgehead atoms. The lowest BCUT2D eigenvalue weighted by atomic mass is 10.1. The van der Waals surface area contributed by atoms with E-state index in [0.717, 1.165) is 11.3 Å². The highest BCUT2D eigenvalue weighted by Crippen LogP contribution is 2.24. The van der Waals surface area contributed by atoms with Gasteiger partial charge in [0.2, 0.25) is 0 Å². The molecule has 0 spiro atoms. The van der Waals surface area contributed by atoms with Gasteiger partial charge in [-0.15, -0.1) is 12.4 Å². The largest absolute Gasteiger partial charge is 0.332 e. The Morgan fingerprint density at radius 3 is 2.74 bits per heavy atom. The highest BCUT2D eigenvalue weighted by Gasteiger charge is 2.14. The molecule has 0 saturated heterocycles. The molecule has 2 aromatic heterocycles. The Morgan fingerprint density at radius 2 is 2.04 bits per heavy atom. The molecule has 23 heavy (non-hydrogen) atoms. The van der Waals surface area contributed by atoms with Crippen LogP contribution in [0.2, 0.25) is 5.02 Å². The lowest BCUT2D eigenvalue weighted by Crippen LogP contribution is -2.24. The highest BCUT2D eigenvalue weighted by molar-refractivity contribution is 6.30. The van der Waals surface area contributed by atoms with E-state index in [1.807, 2.05) is 37.4 Å². The van der Waals surface area contributed by atoms with E-state index in [-0.39, 0.29) is 18.4 Å². The third kappa shape index (κ3) is 4.10. The van der Waals surface area contributed by atoms with Crippen molar-refractivity contribution in [3.63, 3.8) is 0 Å². The molecule has 0 saturated carbocycles. The second-order valence-electron chi connectivity index (χ2n) is 5.08. The van der Waals surface area contributed by atoms with Gasteiger partial charge in [0.05, 0.1) is 5.69 Å². The maximum Gasteiger partial charge on any atom is 0.275 e. The average Bonchev–Trinajstić information content (AvgIpc) is 3.17. The lowest BCUT2D eigenvalue weighted by molar-refractivity contribution is 0.417. The number of aromatic amines is 1. The van der Waals surface area contributed by atoms with Crippen LogP contribution in [0, 0.1) is 0 Å². The van der Waals surface area contributed by atoms with Gasteiger partial charge in [-0.2, -0.15) is 10.1 Å². The Labute approximate surface area is 145 Å². The molecule has 0 fully saturated rings. The fourth-order valence-electron chi connectivity index (χ4n) is 2.02. The Bertz CT molecular complexity index is 753. The number of H-pyrrole nitrogens is 1. The predicted octanol–water partition coefficient (Wildman–Crippen LogP) is 3.35. The van der Waals surface area contributed by atoms with E-state index >= 15 is 0 Å². The number of nitrogens with zero attached hydrogens (tertiary/aromatic N) is 3. The predicted molar refractivity (Wildman–Crippen MR) is 91.8 cm³/mol. The molecule has 6 nitrogen and oxygen atoms in total. The summed E-state index contributed by atoms with van der Waals surface area (Å²) in [5.74, 6) is 1.10. The summed E-state index contributed by atoms with van der Waals surface area (Å²) in [4.78, 5) is 4.38. The van der Waals surface area contributed by atoms with Crippen molar-refractivity contribution in [1.29, 1.82) is 0 Å². The molecule has 3 rings (SSSR count). The topological polar surface area (TPSA) is 79.6 Å². The zero-order valence-electron chi connectivity index (χ0n) is 12.7. The van der Waals surface area contributed by atoms with E-state index in [4.69, 9.17) is 16.1 Å². The molecule has 3 aromatic rings. The van der Waals surface area contributed by atoms with Crippen LogP contribution in [0.3, 0.4) is 0 Å². The zero-order valence-corrected chi connectivity index (χ0v) is 14.3. The van der Waals surface area contributed by atoms with Gasteiger partial charge < -0.3 is 9.84 Å². The van der Waals surface area contributed by atoms with Crippen LogP contribution < -0.4 is 5.32 Å². The van der Waals surface area contributed by atoms with Crippen LogP contribution in [0.5, 0.6) is 0 Å². The van der Waals surface area contributed by atoms with Crippen molar-refractivity contribution >= 4 is 24.0 Å². The summed E-state index contributed by atoms with van der Waals surface area (Å²) in [5.41, 5.74) is 2.46. The second kappa shape index (κ2) is 7.59. The Kier molecular flexibility index (Phi) is 5.76. The van der Waals surface area contributed by atoms with E-state index in [0.29, 0.717) is 28.9 Å². The van der Waals surface area contributed by atoms with Crippen LogP contribution in [-0.2, 0) is 6.42 Å². The molecule has 0 aliphatic carbocycles. The summed E-state index contributed by atoms with van der Waals surface area (Å²) in [6.45, 7) is 2.06. The van der Waals surface area contributed by atoms with Crippen LogP contribution in [0.1, 0.15) is 12.7 Å². The molecule has 1 atom stereocenters. The van der Waals surface area contributed by atoms with E-state index < -0.39 is 0 Å². The van der Waals surface area contributed by atoms with E-state index in [1.165, 1.54) is 0 Å². The summed E-state index contributed by atoms with van der Waals surface area (Å²) in [7, 11) is 1.90. The molecule has 8 heteroatoms. The molecule has 0 aliphatic heterocycles. The average molecular weight is 354 g/mol. The maximum atomic E-state index is 5.89. The first kappa shape index (κ1) is 17.5. The summed E-state index contributed by atoms with van der Waals surface area (Å²) in [6.07, 6.45) is 0.707. The zero-order chi connectivity index (χ0) is 15.5. The van der Waals surface area contributed by atoms with Crippen molar-refractivity contribution in [3.8, 4) is 22.8 Å². The molecular formula is C15H17Cl2N5O. The summed E-state index contributed by atoms with van der Waals surface area (Å²) < 4.78 is 5.28. The third-order valence-electron chi connectivity index (χ3n) is 3.40. The SMILES string of the molecule is CNC(C)Cc1noc(-c2cc(-c3ccc(Cl)cc3)n[nH]2)n1.Cl. The molecular weight excluding hydrogens is 337 g/mol. The monoisotopic (exact) mass is 353 g/mol. The fourth-order valence-corrected chi connectivity index (χ4v) is 2.15. The first-order chi connectivity index (χ1) is 10.7. The smallest absolute Gasteiger partial charge is 0.275 e. The number of likely N-dealkylation sites (N-methyl/N-ethyl adjacent to an activating group) is 1. The van der Waals surface area contributed by atoms with Crippen LogP contribution in [0.25, 0.3) is 22.8 Å². The lowest BCUT2D eigenvalue weighted by Gasteiger charge is -2.04. The number of rotatable bonds is 5. The first-order valence-corrected chi connectivity index (χ1v) is 7.35. The molecule has 0 radical (unpaired) electrons. The molecule has 1 unspecified atom stereocenters. The van der Waals surface area contributed by atoms with E-state index in [1.54, 1.807) is 0 Å². The number of halogens is 2. The Hall–Kier alpha value is -1.89. The van der Waals surface area contributed by atoms with Gasteiger partial charge in [-0.1, -0.05) is 28.9 Å². The highest BCUT2D eigenvalue weighted by atomic mass is 35.5. The van der Waals surface area contributed by atoms with E-state index in [9.17, 15) is 0 Å². The fraction of sp³-hybridized carbons (Fsp3) is 0.267. The minimum atomic E-state index is 0. The maximum absolute atomic E-state index is 5.89. The standard InChI is InChI=1S/C15H16ClN5O.ClH/c1-9(17-2)7-14-18-15(22-21-14)13-8-12(19-20-13)10-3-5-11(16)6-4-10;/h3-6,8-9,17H,7H2,1-2H3,(H,19,20);1H. The van der Waals surface area contributed by atoms with Gasteiger partial charge in [-0.3, -0.25) is 5.10 Å². The van der Waals surface area contributed by atoms with Gasteiger partial charge in [-0.05, 0) is 32.2 Å². The van der Waals surface area contributed by atoms with Gasteiger partial charge in [0.15, 0.2) is 5.82 Å².